The highest BCUT2D eigenvalue weighted by atomic mass is 32.2. The zero-order chi connectivity index (χ0) is 33.8. The molecule has 0 aliphatic rings. The van der Waals surface area contributed by atoms with Crippen LogP contribution in [0.25, 0.3) is 5.57 Å². The van der Waals surface area contributed by atoms with E-state index in [-0.39, 0.29) is 36.1 Å². The van der Waals surface area contributed by atoms with Crippen molar-refractivity contribution in [3.8, 4) is 0 Å². The number of allylic oxidation sites excluding steroid dienone is 7. The molecule has 0 aliphatic heterocycles. The molecule has 13 heteroatoms. The van der Waals surface area contributed by atoms with E-state index in [1.807, 2.05) is 6.92 Å². The average Bonchev–Trinajstić information content (AvgIpc) is 3.29. The zero-order valence-electron chi connectivity index (χ0n) is 26.1. The third kappa shape index (κ3) is 7.41. The first-order valence-electron chi connectivity index (χ1n) is 13.5. The van der Waals surface area contributed by atoms with Gasteiger partial charge in [0.1, 0.15) is 11.5 Å². The highest BCUT2D eigenvalue weighted by molar-refractivity contribution is 7.95. The third-order valence-corrected chi connectivity index (χ3v) is 8.57. The quantitative estimate of drug-likeness (QED) is 0.123. The van der Waals surface area contributed by atoms with Crippen LogP contribution in [0.5, 0.6) is 0 Å². The number of hydrogen-bond acceptors (Lipinski definition) is 4. The molecule has 0 saturated carbocycles. The van der Waals surface area contributed by atoms with Gasteiger partial charge in [-0.25, -0.2) is 17.8 Å². The van der Waals surface area contributed by atoms with E-state index in [0.29, 0.717) is 22.3 Å². The number of sulfone groups is 1. The summed E-state index contributed by atoms with van der Waals surface area (Å²) in [6.45, 7) is 11.5. The van der Waals surface area contributed by atoms with Crippen LogP contribution in [0, 0.1) is 0 Å². The molecule has 1 heterocycles. The monoisotopic (exact) mass is 639 g/mol. The smallest absolute Gasteiger partial charge is 0.326 e. The predicted molar refractivity (Wildman–Crippen MR) is 158 cm³/mol. The van der Waals surface area contributed by atoms with Crippen LogP contribution in [0.1, 0.15) is 80.3 Å². The summed E-state index contributed by atoms with van der Waals surface area (Å²) in [5, 5.41) is 0. The second kappa shape index (κ2) is 13.8. The Hall–Kier alpha value is -2.96. The first kappa shape index (κ1) is 38.1. The number of nitrogens with zero attached hydrogens (tertiary/aromatic N) is 3. The van der Waals surface area contributed by atoms with E-state index in [1.54, 1.807) is 39.0 Å². The number of imidazole rings is 1. The Morgan fingerprint density at radius 1 is 1.00 bits per heavy atom. The van der Waals surface area contributed by atoms with E-state index in [9.17, 15) is 30.4 Å². The minimum absolute atomic E-state index is 0.0734. The van der Waals surface area contributed by atoms with Gasteiger partial charge in [-0.05, 0) is 78.2 Å². The molecular weight excluding hydrogens is 599 g/mol. The molecular formula is C30H40F7N3O2S. The van der Waals surface area contributed by atoms with Crippen molar-refractivity contribution in [1.29, 1.82) is 0 Å². The summed E-state index contributed by atoms with van der Waals surface area (Å²) in [4.78, 5) is 7.89. The molecule has 0 spiro atoms. The van der Waals surface area contributed by atoms with E-state index in [4.69, 9.17) is 0 Å². The third-order valence-electron chi connectivity index (χ3n) is 6.82. The maximum Gasteiger partial charge on any atom is 0.381 e. The Bertz CT molecular complexity index is 1470. The highest BCUT2D eigenvalue weighted by Crippen LogP contribution is 2.55. The predicted octanol–water partition coefficient (Wildman–Crippen LogP) is 8.92. The van der Waals surface area contributed by atoms with Crippen molar-refractivity contribution in [3.05, 3.63) is 69.3 Å². The fourth-order valence-corrected chi connectivity index (χ4v) is 5.17. The molecule has 0 aromatic carbocycles. The van der Waals surface area contributed by atoms with Crippen LogP contribution in [0.2, 0.25) is 0 Å². The van der Waals surface area contributed by atoms with Gasteiger partial charge in [0.05, 0.1) is 22.6 Å². The van der Waals surface area contributed by atoms with E-state index < -0.39 is 50.5 Å². The van der Waals surface area contributed by atoms with Crippen molar-refractivity contribution in [2.45, 2.75) is 92.2 Å². The molecule has 1 aromatic heterocycles. The lowest BCUT2D eigenvalue weighted by molar-refractivity contribution is -0.345. The van der Waals surface area contributed by atoms with Gasteiger partial charge in [-0.2, -0.15) is 26.3 Å². The van der Waals surface area contributed by atoms with Gasteiger partial charge in [-0.15, -0.1) is 0 Å². The summed E-state index contributed by atoms with van der Waals surface area (Å²) in [7, 11) is -3.28. The van der Waals surface area contributed by atoms with Gasteiger partial charge in [0.15, 0.2) is 15.5 Å². The molecule has 0 N–H and O–H groups in total. The molecule has 0 amide bonds. The van der Waals surface area contributed by atoms with Crippen molar-refractivity contribution in [2.75, 3.05) is 5.75 Å². The van der Waals surface area contributed by atoms with Crippen molar-refractivity contribution in [3.63, 3.8) is 0 Å². The minimum atomic E-state index is -6.18. The topological polar surface area (TPSA) is 64.3 Å². The summed E-state index contributed by atoms with van der Waals surface area (Å²) in [5.41, 5.74) is -4.00. The lowest BCUT2D eigenvalue weighted by Gasteiger charge is -2.37. The summed E-state index contributed by atoms with van der Waals surface area (Å²) >= 11 is 0. The number of aliphatic imine (C=N–C) groups is 1. The van der Waals surface area contributed by atoms with Crippen molar-refractivity contribution < 1.29 is 39.2 Å². The van der Waals surface area contributed by atoms with E-state index in [2.05, 4.69) is 9.98 Å². The first-order valence-corrected chi connectivity index (χ1v) is 15.2. The lowest BCUT2D eigenvalue weighted by atomic mass is 9.91. The summed E-state index contributed by atoms with van der Waals surface area (Å²) in [5.74, 6) is -18.5. The molecule has 0 saturated heterocycles. The Kier molecular flexibility index (Phi) is 12.2. The molecule has 242 valence electrons. The SMILES string of the molecule is C\C=C/C=N\C(=C(\C)CC)C(=C\C)\C=C(/C(=C(C)C)c1ncc(C(F)(F)C(F)(F)C(F)(F)C(C)(C)F)n1C)S(=O)(=O)CC. The molecule has 1 rings (SSSR count). The zero-order valence-corrected chi connectivity index (χ0v) is 26.9. The normalized spacial score (nSPS) is 15.5. The van der Waals surface area contributed by atoms with E-state index in [1.165, 1.54) is 33.1 Å². The lowest BCUT2D eigenvalue weighted by Crippen LogP contribution is -2.60. The Morgan fingerprint density at radius 2 is 1.56 bits per heavy atom. The Labute approximate surface area is 249 Å². The van der Waals surface area contributed by atoms with Crippen LogP contribution in [0.3, 0.4) is 0 Å². The standard InChI is InChI=1S/C30H40F7N3O2S/c1-11-15-16-38-25(20(7)12-2)21(13-3)17-22(43(41,42)14-4)24(19(5)6)26-39-18-23(40(26)10)28(32,33)30(36,37)29(34,35)27(8,9)31/h11,13,15-18H,12,14H2,1-10H3/b15-11-,21-13+,22-17+,25-20-,38-16-. The molecule has 0 aliphatic carbocycles. The maximum atomic E-state index is 15.2. The number of hydrogen-bond donors (Lipinski definition) is 0. The van der Waals surface area contributed by atoms with Crippen LogP contribution >= 0.6 is 0 Å². The molecule has 0 radical (unpaired) electrons. The van der Waals surface area contributed by atoms with Gasteiger partial charge in [-0.1, -0.05) is 31.6 Å². The van der Waals surface area contributed by atoms with E-state index in [0.717, 1.165) is 12.6 Å². The van der Waals surface area contributed by atoms with Crippen LogP contribution in [0.4, 0.5) is 30.7 Å². The van der Waals surface area contributed by atoms with Gasteiger partial charge >= 0.3 is 17.8 Å². The number of halogens is 7. The Morgan fingerprint density at radius 3 is 1.98 bits per heavy atom. The van der Waals surface area contributed by atoms with Crippen LogP contribution in [0.15, 0.2) is 62.8 Å². The second-order valence-electron chi connectivity index (χ2n) is 10.5. The number of aromatic nitrogens is 2. The van der Waals surface area contributed by atoms with Crippen molar-refractivity contribution >= 4 is 21.6 Å². The fourth-order valence-electron chi connectivity index (χ4n) is 3.95. The van der Waals surface area contributed by atoms with Crippen molar-refractivity contribution in [1.82, 2.24) is 9.55 Å². The van der Waals surface area contributed by atoms with Gasteiger partial charge in [0, 0.05) is 18.8 Å². The highest BCUT2D eigenvalue weighted by Gasteiger charge is 2.78. The number of alkyl halides is 7. The molecule has 1 aromatic rings. The summed E-state index contributed by atoms with van der Waals surface area (Å²) in [6, 6.07) is 0. The largest absolute Gasteiger partial charge is 0.381 e. The van der Waals surface area contributed by atoms with Gasteiger partial charge in [0.25, 0.3) is 0 Å². The first-order chi connectivity index (χ1) is 19.5. The molecule has 5 nitrogen and oxygen atoms in total. The molecule has 0 atom stereocenters. The molecule has 0 unspecified atom stereocenters. The van der Waals surface area contributed by atoms with Gasteiger partial charge in [0.2, 0.25) is 0 Å². The van der Waals surface area contributed by atoms with Crippen LogP contribution in [-0.4, -0.2) is 47.5 Å². The number of rotatable bonds is 13. The summed E-state index contributed by atoms with van der Waals surface area (Å²) < 4.78 is 130. The van der Waals surface area contributed by atoms with Gasteiger partial charge in [-0.3, -0.25) is 4.99 Å². The second-order valence-corrected chi connectivity index (χ2v) is 12.8. The molecule has 0 fully saturated rings. The fraction of sp³-hybridized carbons (Fsp3) is 0.533. The van der Waals surface area contributed by atoms with Crippen LogP contribution in [-0.2, 0) is 22.8 Å². The van der Waals surface area contributed by atoms with E-state index >= 15 is 8.78 Å². The van der Waals surface area contributed by atoms with Crippen molar-refractivity contribution in [2.24, 2.45) is 12.0 Å². The molecule has 43 heavy (non-hydrogen) atoms. The van der Waals surface area contributed by atoms with Crippen LogP contribution < -0.4 is 0 Å². The Balaban J connectivity index is 4.14. The minimum Gasteiger partial charge on any atom is -0.326 e. The molecule has 0 bridgehead atoms. The summed E-state index contributed by atoms with van der Waals surface area (Å²) in [6.07, 6.45) is 8.65. The average molecular weight is 640 g/mol. The van der Waals surface area contributed by atoms with Gasteiger partial charge < -0.3 is 4.57 Å². The maximum absolute atomic E-state index is 15.2.